The van der Waals surface area contributed by atoms with Crippen LogP contribution in [-0.4, -0.2) is 20.5 Å². The van der Waals surface area contributed by atoms with Crippen LogP contribution < -0.4 is 5.32 Å². The predicted molar refractivity (Wildman–Crippen MR) is 88.4 cm³/mol. The lowest BCUT2D eigenvalue weighted by Gasteiger charge is -2.34. The van der Waals surface area contributed by atoms with Crippen LogP contribution in [0.15, 0.2) is 35.5 Å². The summed E-state index contributed by atoms with van der Waals surface area (Å²) < 4.78 is 1.80. The highest BCUT2D eigenvalue weighted by molar-refractivity contribution is 6.30. The van der Waals surface area contributed by atoms with Crippen LogP contribution in [0.4, 0.5) is 5.95 Å². The predicted octanol–water partition coefficient (Wildman–Crippen LogP) is 3.51. The maximum Gasteiger partial charge on any atom is 0.226 e. The van der Waals surface area contributed by atoms with Gasteiger partial charge in [0.2, 0.25) is 5.95 Å². The number of ketones is 1. The van der Waals surface area contributed by atoms with Crippen molar-refractivity contribution in [1.29, 1.82) is 0 Å². The molecule has 0 saturated heterocycles. The van der Waals surface area contributed by atoms with Gasteiger partial charge in [-0.05, 0) is 37.0 Å². The molecule has 6 heteroatoms. The zero-order chi connectivity index (χ0) is 16.1. The van der Waals surface area contributed by atoms with Gasteiger partial charge in [-0.1, -0.05) is 30.7 Å². The summed E-state index contributed by atoms with van der Waals surface area (Å²) in [5, 5.41) is 8.46. The average Bonchev–Trinajstić information content (AvgIpc) is 2.84. The number of halogens is 1. The molecule has 2 aromatic rings. The topological polar surface area (TPSA) is 59.8 Å². The Bertz CT molecular complexity index is 839. The number of hydrogen-bond acceptors (Lipinski definition) is 4. The molecule has 2 heterocycles. The van der Waals surface area contributed by atoms with E-state index in [1.807, 2.05) is 31.2 Å². The molecule has 0 saturated carbocycles. The Labute approximate surface area is 139 Å². The molecule has 2 aliphatic rings. The first-order chi connectivity index (χ1) is 11.0. The van der Waals surface area contributed by atoms with Crippen LogP contribution in [-0.2, 0) is 4.79 Å². The molecule has 5 nitrogen and oxygen atoms in total. The van der Waals surface area contributed by atoms with E-state index in [4.69, 9.17) is 11.6 Å². The van der Waals surface area contributed by atoms with E-state index >= 15 is 0 Å². The first kappa shape index (κ1) is 14.5. The fourth-order valence-corrected chi connectivity index (χ4v) is 3.70. The molecule has 0 radical (unpaired) electrons. The second-order valence-electron chi connectivity index (χ2n) is 6.34. The number of nitrogens with one attached hydrogen (secondary N) is 1. The number of carbonyl (C=O) groups excluding carboxylic acids is 1. The SMILES string of the molecule is Cc1nc2n(n1)[C@@H](c1cccc(Cl)c1)C1=C(C[C@@H](C)CC1=O)N2. The first-order valence-electron chi connectivity index (χ1n) is 7.75. The van der Waals surface area contributed by atoms with Crippen molar-refractivity contribution >= 4 is 23.3 Å². The van der Waals surface area contributed by atoms with Crippen molar-refractivity contribution < 1.29 is 4.79 Å². The van der Waals surface area contributed by atoms with Gasteiger partial charge in [0.1, 0.15) is 11.9 Å². The Kier molecular flexibility index (Phi) is 3.27. The van der Waals surface area contributed by atoms with Crippen LogP contribution >= 0.6 is 11.6 Å². The van der Waals surface area contributed by atoms with Crippen molar-refractivity contribution in [2.45, 2.75) is 32.7 Å². The molecular weight excluding hydrogens is 312 g/mol. The molecule has 0 fully saturated rings. The van der Waals surface area contributed by atoms with E-state index in [2.05, 4.69) is 22.3 Å². The molecule has 0 unspecified atom stereocenters. The monoisotopic (exact) mass is 328 g/mol. The minimum Gasteiger partial charge on any atom is -0.328 e. The van der Waals surface area contributed by atoms with Crippen molar-refractivity contribution in [3.63, 3.8) is 0 Å². The molecule has 0 spiro atoms. The van der Waals surface area contributed by atoms with Crippen molar-refractivity contribution in [2.75, 3.05) is 5.32 Å². The molecule has 1 N–H and O–H groups in total. The first-order valence-corrected chi connectivity index (χ1v) is 8.12. The second-order valence-corrected chi connectivity index (χ2v) is 6.77. The lowest BCUT2D eigenvalue weighted by Crippen LogP contribution is -2.33. The standard InChI is InChI=1S/C17H17ClN4O/c1-9-6-13-15(14(23)7-9)16(11-4-3-5-12(18)8-11)22-17(20-13)19-10(2)21-22/h3-5,8-9,16H,6-7H2,1-2H3,(H,19,20,21)/t9-,16+/m1/s1. The van der Waals surface area contributed by atoms with E-state index in [0.717, 1.165) is 23.3 Å². The zero-order valence-corrected chi connectivity index (χ0v) is 13.8. The number of hydrogen-bond donors (Lipinski definition) is 1. The Balaban J connectivity index is 1.93. The number of benzene rings is 1. The summed E-state index contributed by atoms with van der Waals surface area (Å²) in [4.78, 5) is 17.2. The third-order valence-corrected chi connectivity index (χ3v) is 4.63. The van der Waals surface area contributed by atoms with E-state index in [-0.39, 0.29) is 11.8 Å². The van der Waals surface area contributed by atoms with Gasteiger partial charge in [-0.15, -0.1) is 0 Å². The fourth-order valence-electron chi connectivity index (χ4n) is 3.50. The number of fused-ring (bicyclic) bond motifs is 1. The lowest BCUT2D eigenvalue weighted by molar-refractivity contribution is -0.117. The van der Waals surface area contributed by atoms with Crippen LogP contribution in [0, 0.1) is 12.8 Å². The van der Waals surface area contributed by atoms with Gasteiger partial charge in [0.05, 0.1) is 0 Å². The van der Waals surface area contributed by atoms with E-state index in [9.17, 15) is 4.79 Å². The number of allylic oxidation sites excluding steroid dienone is 2. The van der Waals surface area contributed by atoms with Crippen LogP contribution in [0.3, 0.4) is 0 Å². The minimum absolute atomic E-state index is 0.176. The maximum atomic E-state index is 12.7. The summed E-state index contributed by atoms with van der Waals surface area (Å²) >= 11 is 6.17. The summed E-state index contributed by atoms with van der Waals surface area (Å²) in [7, 11) is 0. The second kappa shape index (κ2) is 5.20. The van der Waals surface area contributed by atoms with Crippen LogP contribution in [0.1, 0.15) is 37.2 Å². The molecule has 1 aromatic carbocycles. The lowest BCUT2D eigenvalue weighted by atomic mass is 9.81. The number of anilines is 1. The largest absolute Gasteiger partial charge is 0.328 e. The molecule has 4 rings (SSSR count). The average molecular weight is 329 g/mol. The van der Waals surface area contributed by atoms with Gasteiger partial charge in [-0.2, -0.15) is 10.1 Å². The Morgan fingerprint density at radius 1 is 1.35 bits per heavy atom. The molecular formula is C17H17ClN4O. The van der Waals surface area contributed by atoms with Gasteiger partial charge in [0.25, 0.3) is 0 Å². The van der Waals surface area contributed by atoms with Crippen molar-refractivity contribution in [3.8, 4) is 0 Å². The molecule has 0 bridgehead atoms. The van der Waals surface area contributed by atoms with E-state index in [0.29, 0.717) is 29.1 Å². The number of rotatable bonds is 1. The summed E-state index contributed by atoms with van der Waals surface area (Å²) in [5.41, 5.74) is 2.72. The molecule has 0 amide bonds. The van der Waals surface area contributed by atoms with Crippen LogP contribution in [0.2, 0.25) is 5.02 Å². The molecule has 1 aliphatic heterocycles. The summed E-state index contributed by atoms with van der Waals surface area (Å²) in [6.07, 6.45) is 1.42. The minimum atomic E-state index is -0.263. The van der Waals surface area contributed by atoms with Gasteiger partial charge >= 0.3 is 0 Å². The van der Waals surface area contributed by atoms with Gasteiger partial charge in [0, 0.05) is 22.7 Å². The molecule has 1 aliphatic carbocycles. The number of carbonyl (C=O) groups is 1. The Morgan fingerprint density at radius 3 is 2.96 bits per heavy atom. The zero-order valence-electron chi connectivity index (χ0n) is 13.0. The summed E-state index contributed by atoms with van der Waals surface area (Å²) in [6, 6.07) is 7.35. The van der Waals surface area contributed by atoms with Crippen molar-refractivity contribution in [3.05, 3.63) is 51.9 Å². The summed E-state index contributed by atoms with van der Waals surface area (Å²) in [6.45, 7) is 3.95. The highest BCUT2D eigenvalue weighted by atomic mass is 35.5. The number of Topliss-reactive ketones (excluding diaryl/α,β-unsaturated/α-hetero) is 1. The Hall–Kier alpha value is -2.14. The third kappa shape index (κ3) is 2.36. The van der Waals surface area contributed by atoms with Gasteiger partial charge in [0.15, 0.2) is 5.78 Å². The van der Waals surface area contributed by atoms with E-state index in [1.165, 1.54) is 0 Å². The highest BCUT2D eigenvalue weighted by Crippen LogP contribution is 2.41. The van der Waals surface area contributed by atoms with Gasteiger partial charge in [-0.3, -0.25) is 4.79 Å². The number of aromatic nitrogens is 3. The fraction of sp³-hybridized carbons (Fsp3) is 0.353. The molecule has 118 valence electrons. The highest BCUT2D eigenvalue weighted by Gasteiger charge is 2.38. The maximum absolute atomic E-state index is 12.7. The Morgan fingerprint density at radius 2 is 2.17 bits per heavy atom. The molecule has 1 aromatic heterocycles. The normalized spacial score (nSPS) is 23.3. The van der Waals surface area contributed by atoms with Crippen molar-refractivity contribution in [1.82, 2.24) is 14.8 Å². The van der Waals surface area contributed by atoms with Gasteiger partial charge < -0.3 is 5.32 Å². The third-order valence-electron chi connectivity index (χ3n) is 4.39. The van der Waals surface area contributed by atoms with Crippen molar-refractivity contribution in [2.24, 2.45) is 5.92 Å². The molecule has 23 heavy (non-hydrogen) atoms. The summed E-state index contributed by atoms with van der Waals surface area (Å²) in [5.74, 6) is 1.88. The van der Waals surface area contributed by atoms with E-state index < -0.39 is 0 Å². The quantitative estimate of drug-likeness (QED) is 0.870. The van der Waals surface area contributed by atoms with Gasteiger partial charge in [-0.25, -0.2) is 4.68 Å². The van der Waals surface area contributed by atoms with E-state index in [1.54, 1.807) is 4.68 Å². The molecule has 2 atom stereocenters. The smallest absolute Gasteiger partial charge is 0.226 e. The van der Waals surface area contributed by atoms with Crippen LogP contribution in [0.25, 0.3) is 0 Å². The number of aryl methyl sites for hydroxylation is 1. The van der Waals surface area contributed by atoms with Crippen LogP contribution in [0.5, 0.6) is 0 Å². The number of nitrogens with zero attached hydrogens (tertiary/aromatic N) is 3.